The number of methoxy groups -OCH3 is 3. The first-order valence-electron chi connectivity index (χ1n) is 10.3. The molecule has 0 aliphatic carbocycles. The number of carbonyl (C=O) groups excluding carboxylic acids is 4. The maximum Gasteiger partial charge on any atom is 0.373 e. The number of benzene rings is 1. The fourth-order valence-corrected chi connectivity index (χ4v) is 3.29. The van der Waals surface area contributed by atoms with Crippen LogP contribution in [0.5, 0.6) is 11.5 Å². The number of rotatable bonds is 10. The molecule has 2 heterocycles. The summed E-state index contributed by atoms with van der Waals surface area (Å²) < 4.78 is 25.5. The van der Waals surface area contributed by atoms with E-state index in [2.05, 4.69) is 21.4 Å². The zero-order valence-electron chi connectivity index (χ0n) is 19.4. The molecular weight excluding hydrogens is 460 g/mol. The minimum Gasteiger partial charge on any atom is -0.493 e. The van der Waals surface area contributed by atoms with Gasteiger partial charge in [0.15, 0.2) is 18.1 Å². The third-order valence-electron chi connectivity index (χ3n) is 4.94. The van der Waals surface area contributed by atoms with E-state index in [4.69, 9.17) is 13.9 Å². The van der Waals surface area contributed by atoms with Gasteiger partial charge >= 0.3 is 18.0 Å². The third-order valence-corrected chi connectivity index (χ3v) is 4.94. The van der Waals surface area contributed by atoms with Crippen molar-refractivity contribution in [2.24, 2.45) is 0 Å². The Morgan fingerprint density at radius 1 is 1.14 bits per heavy atom. The van der Waals surface area contributed by atoms with E-state index in [9.17, 15) is 19.2 Å². The number of imide groups is 1. The van der Waals surface area contributed by atoms with Crippen molar-refractivity contribution >= 4 is 30.0 Å². The number of urea groups is 1. The van der Waals surface area contributed by atoms with Gasteiger partial charge in [-0.15, -0.1) is 6.58 Å². The Morgan fingerprint density at radius 3 is 2.57 bits per heavy atom. The normalized spacial score (nSPS) is 14.0. The van der Waals surface area contributed by atoms with Crippen LogP contribution in [0, 0.1) is 0 Å². The Morgan fingerprint density at radius 2 is 1.91 bits per heavy atom. The molecule has 1 aromatic heterocycles. The molecule has 0 radical (unpaired) electrons. The number of carbonyl (C=O) groups is 4. The van der Waals surface area contributed by atoms with Crippen LogP contribution in [0.3, 0.4) is 0 Å². The maximum atomic E-state index is 12.9. The average molecular weight is 484 g/mol. The number of amides is 3. The average Bonchev–Trinajstić information content (AvgIpc) is 3.43. The van der Waals surface area contributed by atoms with Gasteiger partial charge in [0.05, 0.1) is 27.9 Å². The van der Waals surface area contributed by atoms with Crippen LogP contribution in [0.2, 0.25) is 0 Å². The van der Waals surface area contributed by atoms with E-state index in [1.165, 1.54) is 39.5 Å². The first-order valence-corrected chi connectivity index (χ1v) is 10.3. The summed E-state index contributed by atoms with van der Waals surface area (Å²) in [5.41, 5.74) is 1.22. The van der Waals surface area contributed by atoms with E-state index in [0.717, 1.165) is 4.90 Å². The van der Waals surface area contributed by atoms with Crippen LogP contribution < -0.4 is 14.8 Å². The second-order valence-corrected chi connectivity index (χ2v) is 7.21. The molecule has 0 atom stereocenters. The summed E-state index contributed by atoms with van der Waals surface area (Å²) in [6.07, 6.45) is 3.52. The molecule has 0 bridgehead atoms. The molecule has 1 N–H and O–H groups in total. The fraction of sp³-hybridized carbons (Fsp3) is 0.250. The van der Waals surface area contributed by atoms with E-state index >= 15 is 0 Å². The molecule has 35 heavy (non-hydrogen) atoms. The predicted octanol–water partition coefficient (Wildman–Crippen LogP) is 2.45. The Hall–Kier alpha value is -4.54. The Kier molecular flexibility index (Phi) is 7.92. The Labute approximate surface area is 200 Å². The fourth-order valence-electron chi connectivity index (χ4n) is 3.29. The summed E-state index contributed by atoms with van der Waals surface area (Å²) in [5, 5.41) is 2.53. The zero-order chi connectivity index (χ0) is 25.5. The minimum absolute atomic E-state index is 0.0320. The number of esters is 2. The number of nitrogens with zero attached hydrogens (tertiary/aromatic N) is 1. The van der Waals surface area contributed by atoms with Gasteiger partial charge in [0, 0.05) is 5.56 Å². The minimum atomic E-state index is -0.669. The summed E-state index contributed by atoms with van der Waals surface area (Å²) in [5.74, 6) is -0.961. The van der Waals surface area contributed by atoms with Gasteiger partial charge in [-0.2, -0.15) is 0 Å². The maximum absolute atomic E-state index is 12.9. The topological polar surface area (TPSA) is 134 Å². The lowest BCUT2D eigenvalue weighted by Crippen LogP contribution is -2.30. The van der Waals surface area contributed by atoms with Gasteiger partial charge in [0.1, 0.15) is 11.5 Å². The number of nitrogens with one attached hydrogen (secondary N) is 1. The molecule has 11 heteroatoms. The molecule has 0 saturated carbocycles. The molecule has 1 aliphatic heterocycles. The highest BCUT2D eigenvalue weighted by Gasteiger charge is 2.34. The van der Waals surface area contributed by atoms with Crippen molar-refractivity contribution in [1.29, 1.82) is 0 Å². The molecule has 11 nitrogen and oxygen atoms in total. The lowest BCUT2D eigenvalue weighted by atomic mass is 10.0. The molecular formula is C24H24N2O9. The van der Waals surface area contributed by atoms with Crippen LogP contribution in [0.25, 0.3) is 6.08 Å². The second-order valence-electron chi connectivity index (χ2n) is 7.21. The highest BCUT2D eigenvalue weighted by atomic mass is 16.6. The largest absolute Gasteiger partial charge is 0.493 e. The van der Waals surface area contributed by atoms with Gasteiger partial charge in [0.25, 0.3) is 5.91 Å². The van der Waals surface area contributed by atoms with Gasteiger partial charge in [-0.1, -0.05) is 6.08 Å². The molecule has 184 valence electrons. The van der Waals surface area contributed by atoms with Crippen LogP contribution in [-0.4, -0.2) is 56.7 Å². The highest BCUT2D eigenvalue weighted by Crippen LogP contribution is 2.34. The summed E-state index contributed by atoms with van der Waals surface area (Å²) in [6.45, 7) is 3.24. The lowest BCUT2D eigenvalue weighted by Gasteiger charge is -2.15. The van der Waals surface area contributed by atoms with E-state index in [1.807, 2.05) is 0 Å². The number of furan rings is 1. The van der Waals surface area contributed by atoms with E-state index in [0.29, 0.717) is 29.0 Å². The van der Waals surface area contributed by atoms with Crippen LogP contribution in [0.4, 0.5) is 4.79 Å². The van der Waals surface area contributed by atoms with Crippen molar-refractivity contribution in [1.82, 2.24) is 10.2 Å². The second kappa shape index (κ2) is 11.1. The number of ether oxygens (including phenoxy) is 4. The lowest BCUT2D eigenvalue weighted by molar-refractivity contribution is -0.143. The van der Waals surface area contributed by atoms with Crippen molar-refractivity contribution in [2.45, 2.75) is 13.0 Å². The van der Waals surface area contributed by atoms with E-state index < -0.39 is 23.9 Å². The molecule has 0 spiro atoms. The molecule has 1 aromatic carbocycles. The molecule has 1 fully saturated rings. The van der Waals surface area contributed by atoms with Crippen LogP contribution >= 0.6 is 0 Å². The first-order chi connectivity index (χ1) is 16.8. The first kappa shape index (κ1) is 25.1. The number of allylic oxidation sites excluding steroid dienone is 1. The summed E-state index contributed by atoms with van der Waals surface area (Å²) in [4.78, 5) is 49.3. The zero-order valence-corrected chi connectivity index (χ0v) is 19.4. The molecule has 1 aliphatic rings. The third kappa shape index (κ3) is 5.69. The van der Waals surface area contributed by atoms with Crippen LogP contribution in [0.15, 0.2) is 47.0 Å². The quantitative estimate of drug-likeness (QED) is 0.234. The SMILES string of the molecule is C=CCc1cc(C=C2NC(=O)N(Cc3ccc(C(=O)OC)o3)C2=O)cc(OC)c1OCC(=O)OC. The summed E-state index contributed by atoms with van der Waals surface area (Å²) in [6, 6.07) is 5.56. The molecule has 2 aromatic rings. The van der Waals surface area contributed by atoms with Gasteiger partial charge in [-0.05, 0) is 42.3 Å². The highest BCUT2D eigenvalue weighted by molar-refractivity contribution is 6.13. The molecule has 0 unspecified atom stereocenters. The monoisotopic (exact) mass is 484 g/mol. The predicted molar refractivity (Wildman–Crippen MR) is 122 cm³/mol. The Bertz CT molecular complexity index is 1200. The van der Waals surface area contributed by atoms with Gasteiger partial charge < -0.3 is 28.7 Å². The molecule has 3 amide bonds. The number of hydrogen-bond donors (Lipinski definition) is 1. The number of hydrogen-bond acceptors (Lipinski definition) is 9. The van der Waals surface area contributed by atoms with Crippen LogP contribution in [-0.2, 0) is 32.0 Å². The van der Waals surface area contributed by atoms with Crippen molar-refractivity contribution in [3.05, 3.63) is 65.3 Å². The van der Waals surface area contributed by atoms with Crippen molar-refractivity contribution < 1.29 is 42.5 Å². The Balaban J connectivity index is 1.85. The van der Waals surface area contributed by atoms with Crippen molar-refractivity contribution in [3.63, 3.8) is 0 Å². The summed E-state index contributed by atoms with van der Waals surface area (Å²) >= 11 is 0. The van der Waals surface area contributed by atoms with Gasteiger partial charge in [-0.25, -0.2) is 14.4 Å². The van der Waals surface area contributed by atoms with Crippen LogP contribution in [0.1, 0.15) is 27.4 Å². The van der Waals surface area contributed by atoms with Gasteiger partial charge in [-0.3, -0.25) is 9.69 Å². The molecule has 1 saturated heterocycles. The standard InChI is InChI=1S/C24H24N2O9/c1-5-6-15-9-14(11-19(31-2)21(15)34-13-20(27)32-3)10-17-22(28)26(24(30)25-17)12-16-7-8-18(35-16)23(29)33-4/h5,7-11H,1,6,12-13H2,2-4H3,(H,25,30). The van der Waals surface area contributed by atoms with Crippen molar-refractivity contribution in [2.75, 3.05) is 27.9 Å². The van der Waals surface area contributed by atoms with Crippen molar-refractivity contribution in [3.8, 4) is 11.5 Å². The van der Waals surface area contributed by atoms with E-state index in [-0.39, 0.29) is 30.4 Å². The summed E-state index contributed by atoms with van der Waals surface area (Å²) in [7, 11) is 3.90. The van der Waals surface area contributed by atoms with E-state index in [1.54, 1.807) is 18.2 Å². The smallest absolute Gasteiger partial charge is 0.373 e. The van der Waals surface area contributed by atoms with Gasteiger partial charge in [0.2, 0.25) is 5.76 Å². The molecule has 3 rings (SSSR count).